The fourth-order valence-corrected chi connectivity index (χ4v) is 1.71. The molecule has 0 aliphatic carbocycles. The first kappa shape index (κ1) is 10.4. The molecule has 13 heavy (non-hydrogen) atoms. The predicted molar refractivity (Wildman–Crippen MR) is 51.8 cm³/mol. The maximum atomic E-state index is 10.8. The number of aliphatic hydroxyl groups excluding tert-OH is 1. The summed E-state index contributed by atoms with van der Waals surface area (Å²) in [7, 11) is 0. The SMILES string of the molecule is CC(=O)N(Cl)c1nc(C(C)O)cs1. The summed E-state index contributed by atoms with van der Waals surface area (Å²) in [6, 6.07) is 0. The Kier molecular flexibility index (Phi) is 3.24. The van der Waals surface area contributed by atoms with Crippen LogP contribution in [-0.2, 0) is 4.79 Å². The van der Waals surface area contributed by atoms with Gasteiger partial charge in [0.1, 0.15) is 0 Å². The van der Waals surface area contributed by atoms with Crippen molar-refractivity contribution < 1.29 is 9.90 Å². The van der Waals surface area contributed by atoms with E-state index in [9.17, 15) is 4.79 Å². The molecule has 0 aliphatic rings. The second kappa shape index (κ2) is 4.04. The number of hydrogen-bond donors (Lipinski definition) is 1. The zero-order valence-corrected chi connectivity index (χ0v) is 8.76. The molecule has 1 heterocycles. The van der Waals surface area contributed by atoms with Gasteiger partial charge in [-0.3, -0.25) is 4.79 Å². The molecule has 0 bridgehead atoms. The highest BCUT2D eigenvalue weighted by Crippen LogP contribution is 2.25. The summed E-state index contributed by atoms with van der Waals surface area (Å²) in [6.45, 7) is 2.95. The molecule has 0 spiro atoms. The van der Waals surface area contributed by atoms with Crippen LogP contribution in [0.3, 0.4) is 0 Å². The summed E-state index contributed by atoms with van der Waals surface area (Å²) in [5, 5.41) is 11.2. The number of hydrogen-bond acceptors (Lipinski definition) is 4. The average molecular weight is 221 g/mol. The van der Waals surface area contributed by atoms with E-state index in [1.165, 1.54) is 18.3 Å². The molecule has 0 fully saturated rings. The van der Waals surface area contributed by atoms with E-state index in [0.29, 0.717) is 10.8 Å². The molecule has 0 aliphatic heterocycles. The van der Waals surface area contributed by atoms with E-state index < -0.39 is 6.10 Å². The van der Waals surface area contributed by atoms with Crippen molar-refractivity contribution in [1.82, 2.24) is 4.98 Å². The summed E-state index contributed by atoms with van der Waals surface area (Å²) in [5.74, 6) is -0.298. The average Bonchev–Trinajstić information content (AvgIpc) is 2.50. The van der Waals surface area contributed by atoms with Gasteiger partial charge in [-0.1, -0.05) is 0 Å². The number of nitrogens with zero attached hydrogens (tertiary/aromatic N) is 2. The minimum atomic E-state index is -0.637. The van der Waals surface area contributed by atoms with Crippen molar-refractivity contribution in [2.45, 2.75) is 20.0 Å². The maximum Gasteiger partial charge on any atom is 0.240 e. The van der Waals surface area contributed by atoms with Crippen molar-refractivity contribution in [3.63, 3.8) is 0 Å². The van der Waals surface area contributed by atoms with Gasteiger partial charge in [0.05, 0.1) is 11.8 Å². The van der Waals surface area contributed by atoms with Crippen LogP contribution in [0.1, 0.15) is 25.6 Å². The highest BCUT2D eigenvalue weighted by Gasteiger charge is 2.14. The third-order valence-electron chi connectivity index (χ3n) is 1.38. The van der Waals surface area contributed by atoms with Crippen LogP contribution in [0.4, 0.5) is 5.13 Å². The molecule has 0 saturated heterocycles. The Morgan fingerprint density at radius 1 is 1.85 bits per heavy atom. The first-order chi connectivity index (χ1) is 6.02. The molecule has 1 atom stereocenters. The molecular weight excluding hydrogens is 212 g/mol. The second-order valence-electron chi connectivity index (χ2n) is 2.53. The lowest BCUT2D eigenvalue weighted by Gasteiger charge is -2.05. The number of amides is 1. The molecule has 0 saturated carbocycles. The normalized spacial score (nSPS) is 12.6. The lowest BCUT2D eigenvalue weighted by molar-refractivity contribution is -0.115. The van der Waals surface area contributed by atoms with E-state index in [0.717, 1.165) is 4.42 Å². The van der Waals surface area contributed by atoms with Gasteiger partial charge >= 0.3 is 0 Å². The van der Waals surface area contributed by atoms with Crippen LogP contribution in [0.15, 0.2) is 5.38 Å². The number of carbonyl (C=O) groups is 1. The number of rotatable bonds is 2. The van der Waals surface area contributed by atoms with Gasteiger partial charge in [0.15, 0.2) is 0 Å². The molecule has 0 radical (unpaired) electrons. The fourth-order valence-electron chi connectivity index (χ4n) is 0.693. The Balaban J connectivity index is 2.85. The van der Waals surface area contributed by atoms with Gasteiger partial charge in [0.2, 0.25) is 11.0 Å². The van der Waals surface area contributed by atoms with Crippen molar-refractivity contribution in [1.29, 1.82) is 0 Å². The maximum absolute atomic E-state index is 10.8. The summed E-state index contributed by atoms with van der Waals surface area (Å²) in [4.78, 5) is 14.8. The molecule has 1 unspecified atom stereocenters. The van der Waals surface area contributed by atoms with E-state index in [1.54, 1.807) is 12.3 Å². The van der Waals surface area contributed by atoms with Crippen LogP contribution >= 0.6 is 23.1 Å². The minimum Gasteiger partial charge on any atom is -0.387 e. The topological polar surface area (TPSA) is 53.4 Å². The first-order valence-electron chi connectivity index (χ1n) is 3.62. The number of anilines is 1. The molecule has 1 N–H and O–H groups in total. The van der Waals surface area contributed by atoms with E-state index in [4.69, 9.17) is 16.9 Å². The number of carbonyl (C=O) groups excluding carboxylic acids is 1. The quantitative estimate of drug-likeness (QED) is 0.772. The smallest absolute Gasteiger partial charge is 0.240 e. The van der Waals surface area contributed by atoms with Crippen molar-refractivity contribution in [3.05, 3.63) is 11.1 Å². The predicted octanol–water partition coefficient (Wildman–Crippen LogP) is 1.70. The highest BCUT2D eigenvalue weighted by molar-refractivity contribution is 7.14. The van der Waals surface area contributed by atoms with Gasteiger partial charge in [-0.2, -0.15) is 4.42 Å². The van der Waals surface area contributed by atoms with Crippen LogP contribution in [-0.4, -0.2) is 16.0 Å². The van der Waals surface area contributed by atoms with Crippen LogP contribution in [0.5, 0.6) is 0 Å². The zero-order valence-electron chi connectivity index (χ0n) is 7.19. The van der Waals surface area contributed by atoms with Crippen LogP contribution in [0.2, 0.25) is 0 Å². The second-order valence-corrected chi connectivity index (χ2v) is 3.71. The molecule has 72 valence electrons. The van der Waals surface area contributed by atoms with Gasteiger partial charge in [0, 0.05) is 24.1 Å². The Hall–Kier alpha value is -0.650. The summed E-state index contributed by atoms with van der Waals surface area (Å²) < 4.78 is 0.927. The Morgan fingerprint density at radius 2 is 2.46 bits per heavy atom. The number of halogens is 1. The van der Waals surface area contributed by atoms with E-state index >= 15 is 0 Å². The van der Waals surface area contributed by atoms with Gasteiger partial charge in [-0.15, -0.1) is 11.3 Å². The van der Waals surface area contributed by atoms with Crippen LogP contribution in [0, 0.1) is 0 Å². The molecule has 1 amide bonds. The molecule has 4 nitrogen and oxygen atoms in total. The molecule has 0 aromatic carbocycles. The third-order valence-corrected chi connectivity index (χ3v) is 2.72. The van der Waals surface area contributed by atoms with Crippen LogP contribution in [0.25, 0.3) is 0 Å². The zero-order chi connectivity index (χ0) is 10.0. The summed E-state index contributed by atoms with van der Waals surface area (Å²) in [5.41, 5.74) is 0.520. The molecule has 1 aromatic rings. The van der Waals surface area contributed by atoms with E-state index in [1.807, 2.05) is 0 Å². The minimum absolute atomic E-state index is 0.298. The van der Waals surface area contributed by atoms with Crippen molar-refractivity contribution in [2.24, 2.45) is 0 Å². The highest BCUT2D eigenvalue weighted by atomic mass is 35.5. The number of thiazole rings is 1. The van der Waals surface area contributed by atoms with Gasteiger partial charge < -0.3 is 5.11 Å². The van der Waals surface area contributed by atoms with Crippen molar-refractivity contribution in [3.8, 4) is 0 Å². The fraction of sp³-hybridized carbons (Fsp3) is 0.429. The molecular formula is C7H9ClN2O2S. The van der Waals surface area contributed by atoms with Gasteiger partial charge in [0.25, 0.3) is 0 Å². The molecule has 6 heteroatoms. The summed E-state index contributed by atoms with van der Waals surface area (Å²) in [6.07, 6.45) is -0.637. The Bertz CT molecular complexity index is 313. The van der Waals surface area contributed by atoms with E-state index in [2.05, 4.69) is 4.98 Å². The lowest BCUT2D eigenvalue weighted by Crippen LogP contribution is -2.16. The Morgan fingerprint density at radius 3 is 2.85 bits per heavy atom. The van der Waals surface area contributed by atoms with Gasteiger partial charge in [-0.25, -0.2) is 4.98 Å². The number of aromatic nitrogens is 1. The molecule has 1 aromatic heterocycles. The third kappa shape index (κ3) is 2.40. The first-order valence-corrected chi connectivity index (χ1v) is 4.84. The van der Waals surface area contributed by atoms with Crippen molar-refractivity contribution >= 4 is 34.2 Å². The monoisotopic (exact) mass is 220 g/mol. The standard InChI is InChI=1S/C7H9ClN2O2S/c1-4(11)6-3-13-7(9-6)10(8)5(2)12/h3-4,11H,1-2H3. The largest absolute Gasteiger partial charge is 0.387 e. The van der Waals surface area contributed by atoms with Crippen molar-refractivity contribution in [2.75, 3.05) is 4.42 Å². The number of aliphatic hydroxyl groups is 1. The molecule has 1 rings (SSSR count). The lowest BCUT2D eigenvalue weighted by atomic mass is 10.3. The van der Waals surface area contributed by atoms with Crippen LogP contribution < -0.4 is 4.42 Å². The van der Waals surface area contributed by atoms with E-state index in [-0.39, 0.29) is 5.91 Å². The Labute approximate surface area is 84.9 Å². The van der Waals surface area contributed by atoms with Gasteiger partial charge in [-0.05, 0) is 6.92 Å². The summed E-state index contributed by atoms with van der Waals surface area (Å²) >= 11 is 6.83.